The van der Waals surface area contributed by atoms with Gasteiger partial charge in [0, 0.05) is 30.5 Å². The van der Waals surface area contributed by atoms with Gasteiger partial charge >= 0.3 is 0 Å². The molecular formula is C30H26N2O4. The zero-order valence-electron chi connectivity index (χ0n) is 20.0. The minimum absolute atomic E-state index is 0.0616. The fourth-order valence-electron chi connectivity index (χ4n) is 7.06. The lowest BCUT2D eigenvalue weighted by molar-refractivity contribution is -0.128. The average Bonchev–Trinajstić information content (AvgIpc) is 3.14. The Labute approximate surface area is 209 Å². The van der Waals surface area contributed by atoms with Crippen molar-refractivity contribution in [3.8, 4) is 0 Å². The van der Waals surface area contributed by atoms with E-state index >= 15 is 0 Å². The highest BCUT2D eigenvalue weighted by Gasteiger charge is 2.68. The van der Waals surface area contributed by atoms with Crippen LogP contribution in [0.1, 0.15) is 51.4 Å². The normalized spacial score (nSPS) is 28.1. The summed E-state index contributed by atoms with van der Waals surface area (Å²) < 4.78 is 5.35. The van der Waals surface area contributed by atoms with E-state index in [1.54, 1.807) is 29.2 Å². The Morgan fingerprint density at radius 2 is 1.39 bits per heavy atom. The maximum atomic E-state index is 14.2. The summed E-state index contributed by atoms with van der Waals surface area (Å²) in [7, 11) is 0. The highest BCUT2D eigenvalue weighted by molar-refractivity contribution is 6.25. The second kappa shape index (κ2) is 7.61. The first-order valence-electron chi connectivity index (χ1n) is 12.5. The summed E-state index contributed by atoms with van der Waals surface area (Å²) in [5, 5.41) is 0. The van der Waals surface area contributed by atoms with Crippen LogP contribution in [0.15, 0.2) is 72.8 Å². The molecule has 6 nitrogen and oxygen atoms in total. The van der Waals surface area contributed by atoms with Gasteiger partial charge in [-0.3, -0.25) is 14.4 Å². The van der Waals surface area contributed by atoms with Gasteiger partial charge in [-0.15, -0.1) is 0 Å². The van der Waals surface area contributed by atoms with Crippen LogP contribution >= 0.6 is 0 Å². The predicted molar refractivity (Wildman–Crippen MR) is 134 cm³/mol. The monoisotopic (exact) mass is 478 g/mol. The second-order valence-electron chi connectivity index (χ2n) is 10.4. The van der Waals surface area contributed by atoms with Crippen molar-refractivity contribution in [3.05, 3.63) is 101 Å². The van der Waals surface area contributed by atoms with Crippen molar-refractivity contribution in [2.24, 2.45) is 11.3 Å². The van der Waals surface area contributed by atoms with Crippen LogP contribution in [0.4, 0.5) is 5.69 Å². The first-order valence-corrected chi connectivity index (χ1v) is 12.5. The number of amides is 3. The standard InChI is InChI=1S/C30H26N2O4/c1-30-25-22-8-4-2-6-20(22)24(21-7-3-5-9-23(21)25)26(30)28(34)32(29(30)35)19-12-10-18(11-13-19)27(33)31-14-16-36-17-15-31/h2-13,24-26H,14-17H2,1H3/t24?,25?,26-,30-/m0/s1. The fourth-order valence-corrected chi connectivity index (χ4v) is 7.06. The molecule has 0 radical (unpaired) electrons. The number of morpholine rings is 1. The third-order valence-electron chi connectivity index (χ3n) is 8.68. The van der Waals surface area contributed by atoms with E-state index < -0.39 is 11.3 Å². The fraction of sp³-hybridized carbons (Fsp3) is 0.300. The number of imide groups is 1. The lowest BCUT2D eigenvalue weighted by atomic mass is 9.48. The van der Waals surface area contributed by atoms with E-state index in [0.29, 0.717) is 37.6 Å². The van der Waals surface area contributed by atoms with Gasteiger partial charge in [-0.1, -0.05) is 48.5 Å². The minimum Gasteiger partial charge on any atom is -0.378 e. The maximum Gasteiger partial charge on any atom is 0.254 e. The van der Waals surface area contributed by atoms with Crippen molar-refractivity contribution >= 4 is 23.4 Å². The Balaban J connectivity index is 1.29. The van der Waals surface area contributed by atoms with Crippen molar-refractivity contribution in [1.82, 2.24) is 4.90 Å². The van der Waals surface area contributed by atoms with E-state index in [-0.39, 0.29) is 29.6 Å². The number of hydrogen-bond acceptors (Lipinski definition) is 4. The number of hydrogen-bond donors (Lipinski definition) is 0. The zero-order chi connectivity index (χ0) is 24.6. The SMILES string of the molecule is C[C@@]12C(=O)N(c3ccc(C(=O)N4CCOCC4)cc3)C(=O)[C@@H]1C1c3ccccc3C2c2ccccc21. The molecular weight excluding hydrogens is 452 g/mol. The summed E-state index contributed by atoms with van der Waals surface area (Å²) in [5.74, 6) is -1.18. The van der Waals surface area contributed by atoms with Gasteiger partial charge in [0.15, 0.2) is 0 Å². The molecule has 0 unspecified atom stereocenters. The summed E-state index contributed by atoms with van der Waals surface area (Å²) in [6.07, 6.45) is 0. The number of anilines is 1. The molecule has 8 rings (SSSR count). The Morgan fingerprint density at radius 3 is 1.97 bits per heavy atom. The van der Waals surface area contributed by atoms with E-state index in [9.17, 15) is 14.4 Å². The van der Waals surface area contributed by atoms with Gasteiger partial charge in [0.1, 0.15) is 0 Å². The Hall–Kier alpha value is -3.77. The van der Waals surface area contributed by atoms with E-state index in [1.165, 1.54) is 4.90 Å². The highest BCUT2D eigenvalue weighted by Crippen LogP contribution is 2.67. The van der Waals surface area contributed by atoms with Crippen LogP contribution in [0.3, 0.4) is 0 Å². The quantitative estimate of drug-likeness (QED) is 0.524. The smallest absolute Gasteiger partial charge is 0.254 e. The molecule has 2 bridgehead atoms. The van der Waals surface area contributed by atoms with Crippen molar-refractivity contribution in [2.75, 3.05) is 31.2 Å². The molecule has 180 valence electrons. The molecule has 6 heteroatoms. The number of ether oxygens (including phenoxy) is 1. The topological polar surface area (TPSA) is 66.9 Å². The van der Waals surface area contributed by atoms with Gasteiger partial charge in [0.05, 0.1) is 30.2 Å². The van der Waals surface area contributed by atoms with Crippen molar-refractivity contribution in [2.45, 2.75) is 18.8 Å². The molecule has 3 aromatic rings. The molecule has 3 aliphatic carbocycles. The third kappa shape index (κ3) is 2.68. The Kier molecular flexibility index (Phi) is 4.55. The number of nitrogens with zero attached hydrogens (tertiary/aromatic N) is 2. The largest absolute Gasteiger partial charge is 0.378 e. The number of carbonyl (C=O) groups is 3. The zero-order valence-corrected chi connectivity index (χ0v) is 20.0. The van der Waals surface area contributed by atoms with Gasteiger partial charge in [-0.25, -0.2) is 4.90 Å². The third-order valence-corrected chi connectivity index (χ3v) is 8.68. The predicted octanol–water partition coefficient (Wildman–Crippen LogP) is 3.95. The molecule has 2 fully saturated rings. The summed E-state index contributed by atoms with van der Waals surface area (Å²) in [6, 6.07) is 23.4. The van der Waals surface area contributed by atoms with Gasteiger partial charge in [0.2, 0.25) is 11.8 Å². The molecule has 0 saturated carbocycles. The highest BCUT2D eigenvalue weighted by atomic mass is 16.5. The molecule has 2 saturated heterocycles. The van der Waals surface area contributed by atoms with Gasteiger partial charge in [0.25, 0.3) is 5.91 Å². The van der Waals surface area contributed by atoms with Crippen LogP contribution in [0.2, 0.25) is 0 Å². The van der Waals surface area contributed by atoms with Crippen molar-refractivity contribution in [3.63, 3.8) is 0 Å². The van der Waals surface area contributed by atoms with Crippen LogP contribution < -0.4 is 4.90 Å². The first kappa shape index (κ1) is 21.5. The second-order valence-corrected chi connectivity index (χ2v) is 10.4. The van der Waals surface area contributed by atoms with Gasteiger partial charge in [-0.05, 0) is 53.4 Å². The molecule has 5 aliphatic rings. The first-order chi connectivity index (χ1) is 17.5. The summed E-state index contributed by atoms with van der Waals surface area (Å²) in [6.45, 7) is 4.17. The van der Waals surface area contributed by atoms with Crippen LogP contribution in [0, 0.1) is 11.3 Å². The molecule has 0 N–H and O–H groups in total. The van der Waals surface area contributed by atoms with Crippen LogP contribution in [0.25, 0.3) is 0 Å². The molecule has 3 aromatic carbocycles. The van der Waals surface area contributed by atoms with Crippen LogP contribution in [-0.2, 0) is 14.3 Å². The number of rotatable bonds is 2. The minimum atomic E-state index is -0.868. The van der Waals surface area contributed by atoms with Crippen LogP contribution in [-0.4, -0.2) is 48.9 Å². The Morgan fingerprint density at radius 1 is 0.833 bits per heavy atom. The van der Waals surface area contributed by atoms with Crippen molar-refractivity contribution < 1.29 is 19.1 Å². The molecule has 0 spiro atoms. The molecule has 36 heavy (non-hydrogen) atoms. The molecule has 2 aliphatic heterocycles. The number of carbonyl (C=O) groups excluding carboxylic acids is 3. The lowest BCUT2D eigenvalue weighted by Crippen LogP contribution is -2.49. The summed E-state index contributed by atoms with van der Waals surface area (Å²) >= 11 is 0. The van der Waals surface area contributed by atoms with E-state index in [0.717, 1.165) is 22.3 Å². The van der Waals surface area contributed by atoms with E-state index in [4.69, 9.17) is 4.74 Å². The molecule has 3 amide bonds. The van der Waals surface area contributed by atoms with Crippen molar-refractivity contribution in [1.29, 1.82) is 0 Å². The molecule has 2 atom stereocenters. The average molecular weight is 479 g/mol. The van der Waals surface area contributed by atoms with E-state index in [1.807, 2.05) is 31.2 Å². The maximum absolute atomic E-state index is 14.2. The summed E-state index contributed by atoms with van der Waals surface area (Å²) in [5.41, 5.74) is 4.79. The van der Waals surface area contributed by atoms with Crippen LogP contribution in [0.5, 0.6) is 0 Å². The van der Waals surface area contributed by atoms with Gasteiger partial charge in [-0.2, -0.15) is 0 Å². The van der Waals surface area contributed by atoms with Gasteiger partial charge < -0.3 is 9.64 Å². The molecule has 0 aromatic heterocycles. The summed E-state index contributed by atoms with van der Waals surface area (Å²) in [4.78, 5) is 44.2. The number of benzene rings is 3. The lowest BCUT2D eigenvalue weighted by Gasteiger charge is -2.51. The van der Waals surface area contributed by atoms with E-state index in [2.05, 4.69) is 24.3 Å². The molecule has 2 heterocycles. The Bertz CT molecular complexity index is 1380.